The maximum Gasteiger partial charge on any atom is 0.133 e. The van der Waals surface area contributed by atoms with E-state index in [1.54, 1.807) is 24.6 Å². The van der Waals surface area contributed by atoms with Gasteiger partial charge in [-0.15, -0.1) is 0 Å². The van der Waals surface area contributed by atoms with Gasteiger partial charge in [0.25, 0.3) is 0 Å². The Labute approximate surface area is 127 Å². The number of ether oxygens (including phenoxy) is 1. The first kappa shape index (κ1) is 13.9. The summed E-state index contributed by atoms with van der Waals surface area (Å²) in [5.41, 5.74) is 0.925. The largest absolute Gasteiger partial charge is 0.497 e. The minimum Gasteiger partial charge on any atom is -0.497 e. The predicted molar refractivity (Wildman–Crippen MR) is 86.1 cm³/mol. The number of thiophene rings is 1. The Morgan fingerprint density at radius 2 is 2.24 bits per heavy atom. The standard InChI is InChI=1S/C16H16N2O2S/c1-20-13-2-3-14-11(8-13)4-6-17-16(14)18-9-15(19)12-5-7-21-10-12/h2-8,10,15,19H,9H2,1H3,(H,17,18). The summed E-state index contributed by atoms with van der Waals surface area (Å²) in [7, 11) is 1.65. The van der Waals surface area contributed by atoms with E-state index in [2.05, 4.69) is 10.3 Å². The minimum atomic E-state index is -0.536. The highest BCUT2D eigenvalue weighted by molar-refractivity contribution is 7.07. The SMILES string of the molecule is COc1ccc2c(NCC(O)c3ccsc3)nccc2c1. The van der Waals surface area contributed by atoms with Crippen LogP contribution in [-0.4, -0.2) is 23.7 Å². The van der Waals surface area contributed by atoms with Crippen LogP contribution in [0.25, 0.3) is 10.8 Å². The van der Waals surface area contributed by atoms with Crippen LogP contribution in [0.2, 0.25) is 0 Å². The molecule has 1 aromatic carbocycles. The van der Waals surface area contributed by atoms with Crippen LogP contribution >= 0.6 is 11.3 Å². The fourth-order valence-electron chi connectivity index (χ4n) is 2.20. The average molecular weight is 300 g/mol. The first-order chi connectivity index (χ1) is 10.3. The summed E-state index contributed by atoms with van der Waals surface area (Å²) in [4.78, 5) is 4.36. The van der Waals surface area contributed by atoms with Gasteiger partial charge in [-0.2, -0.15) is 11.3 Å². The van der Waals surface area contributed by atoms with Crippen LogP contribution in [0.5, 0.6) is 5.75 Å². The van der Waals surface area contributed by atoms with Gasteiger partial charge in [0.15, 0.2) is 0 Å². The molecule has 4 nitrogen and oxygen atoms in total. The topological polar surface area (TPSA) is 54.4 Å². The lowest BCUT2D eigenvalue weighted by Gasteiger charge is -2.13. The summed E-state index contributed by atoms with van der Waals surface area (Å²) in [6.45, 7) is 0.425. The molecule has 2 N–H and O–H groups in total. The molecule has 0 saturated carbocycles. The van der Waals surface area contributed by atoms with Gasteiger partial charge >= 0.3 is 0 Å². The molecule has 1 unspecified atom stereocenters. The molecular formula is C16H16N2O2S. The quantitative estimate of drug-likeness (QED) is 0.758. The van der Waals surface area contributed by atoms with Gasteiger partial charge in [-0.3, -0.25) is 0 Å². The molecule has 0 radical (unpaired) electrons. The van der Waals surface area contributed by atoms with E-state index in [0.29, 0.717) is 6.54 Å². The van der Waals surface area contributed by atoms with Crippen molar-refractivity contribution in [1.29, 1.82) is 0 Å². The third kappa shape index (κ3) is 2.99. The number of pyridine rings is 1. The number of nitrogens with one attached hydrogen (secondary N) is 1. The highest BCUT2D eigenvalue weighted by Crippen LogP contribution is 2.26. The van der Waals surface area contributed by atoms with Crippen molar-refractivity contribution >= 4 is 27.9 Å². The fraction of sp³-hybridized carbons (Fsp3) is 0.188. The van der Waals surface area contributed by atoms with Gasteiger partial charge < -0.3 is 15.2 Å². The van der Waals surface area contributed by atoms with Crippen molar-refractivity contribution in [2.45, 2.75) is 6.10 Å². The smallest absolute Gasteiger partial charge is 0.133 e. The maximum absolute atomic E-state index is 10.1. The Bertz CT molecular complexity index is 728. The molecule has 3 aromatic rings. The van der Waals surface area contributed by atoms with Crippen LogP contribution in [0, 0.1) is 0 Å². The van der Waals surface area contributed by atoms with E-state index in [4.69, 9.17) is 4.74 Å². The molecule has 108 valence electrons. The lowest BCUT2D eigenvalue weighted by atomic mass is 10.1. The Kier molecular flexibility index (Phi) is 4.03. The van der Waals surface area contributed by atoms with Crippen molar-refractivity contribution in [2.75, 3.05) is 19.0 Å². The van der Waals surface area contributed by atoms with Gasteiger partial charge in [0.05, 0.1) is 13.2 Å². The Morgan fingerprint density at radius 3 is 3.00 bits per heavy atom. The molecule has 3 rings (SSSR count). The normalized spacial score (nSPS) is 12.3. The van der Waals surface area contributed by atoms with Crippen LogP contribution < -0.4 is 10.1 Å². The maximum atomic E-state index is 10.1. The van der Waals surface area contributed by atoms with Crippen molar-refractivity contribution in [3.05, 3.63) is 52.9 Å². The molecule has 2 heterocycles. The first-order valence-electron chi connectivity index (χ1n) is 6.64. The van der Waals surface area contributed by atoms with E-state index in [9.17, 15) is 5.11 Å². The molecule has 0 aliphatic heterocycles. The number of aromatic nitrogens is 1. The summed E-state index contributed by atoms with van der Waals surface area (Å²) in [5, 5.41) is 19.3. The Hall–Kier alpha value is -2.11. The summed E-state index contributed by atoms with van der Waals surface area (Å²) >= 11 is 1.58. The van der Waals surface area contributed by atoms with Gasteiger partial charge in [0.1, 0.15) is 11.6 Å². The molecule has 0 fully saturated rings. The highest BCUT2D eigenvalue weighted by Gasteiger charge is 2.09. The molecule has 0 bridgehead atoms. The molecular weight excluding hydrogens is 284 g/mol. The second-order valence-corrected chi connectivity index (χ2v) is 5.48. The monoisotopic (exact) mass is 300 g/mol. The van der Waals surface area contributed by atoms with Crippen molar-refractivity contribution in [3.63, 3.8) is 0 Å². The highest BCUT2D eigenvalue weighted by atomic mass is 32.1. The third-order valence-electron chi connectivity index (χ3n) is 3.36. The third-order valence-corrected chi connectivity index (χ3v) is 4.06. The van der Waals surface area contributed by atoms with E-state index < -0.39 is 6.10 Å². The van der Waals surface area contributed by atoms with Crippen LogP contribution in [-0.2, 0) is 0 Å². The van der Waals surface area contributed by atoms with E-state index in [1.807, 2.05) is 41.1 Å². The molecule has 0 saturated heterocycles. The second kappa shape index (κ2) is 6.11. The van der Waals surface area contributed by atoms with Crippen LogP contribution in [0.15, 0.2) is 47.3 Å². The lowest BCUT2D eigenvalue weighted by molar-refractivity contribution is 0.192. The van der Waals surface area contributed by atoms with E-state index in [1.165, 1.54) is 0 Å². The number of fused-ring (bicyclic) bond motifs is 1. The predicted octanol–water partition coefficient (Wildman–Crippen LogP) is 3.45. The fourth-order valence-corrected chi connectivity index (χ4v) is 2.91. The molecule has 5 heteroatoms. The molecule has 21 heavy (non-hydrogen) atoms. The number of aliphatic hydroxyl groups excluding tert-OH is 1. The molecule has 0 aliphatic rings. The lowest BCUT2D eigenvalue weighted by Crippen LogP contribution is -2.12. The average Bonchev–Trinajstić information content (AvgIpc) is 3.06. The van der Waals surface area contributed by atoms with Gasteiger partial charge in [0.2, 0.25) is 0 Å². The first-order valence-corrected chi connectivity index (χ1v) is 7.59. The number of methoxy groups -OCH3 is 1. The molecule has 0 amide bonds. The van der Waals surface area contributed by atoms with Crippen molar-refractivity contribution in [1.82, 2.24) is 4.98 Å². The number of hydrogen-bond donors (Lipinski definition) is 2. The number of benzene rings is 1. The molecule has 2 aromatic heterocycles. The zero-order chi connectivity index (χ0) is 14.7. The van der Waals surface area contributed by atoms with Crippen LogP contribution in [0.3, 0.4) is 0 Å². The van der Waals surface area contributed by atoms with E-state index >= 15 is 0 Å². The number of rotatable bonds is 5. The Morgan fingerprint density at radius 1 is 1.33 bits per heavy atom. The Balaban J connectivity index is 1.80. The second-order valence-electron chi connectivity index (χ2n) is 4.70. The van der Waals surface area contributed by atoms with Crippen LogP contribution in [0.4, 0.5) is 5.82 Å². The van der Waals surface area contributed by atoms with Gasteiger partial charge in [-0.25, -0.2) is 4.98 Å². The van der Waals surface area contributed by atoms with Crippen molar-refractivity contribution in [3.8, 4) is 5.75 Å². The van der Waals surface area contributed by atoms with Gasteiger partial charge in [-0.05, 0) is 52.0 Å². The van der Waals surface area contributed by atoms with Gasteiger partial charge in [-0.1, -0.05) is 0 Å². The number of anilines is 1. The summed E-state index contributed by atoms with van der Waals surface area (Å²) in [5.74, 6) is 1.59. The number of aliphatic hydroxyl groups is 1. The number of nitrogens with zero attached hydrogens (tertiary/aromatic N) is 1. The molecule has 0 spiro atoms. The summed E-state index contributed by atoms with van der Waals surface area (Å²) in [6, 6.07) is 9.72. The molecule has 1 atom stereocenters. The van der Waals surface area contributed by atoms with E-state index in [0.717, 1.165) is 27.9 Å². The summed E-state index contributed by atoms with van der Waals surface area (Å²) < 4.78 is 5.23. The van der Waals surface area contributed by atoms with Crippen molar-refractivity contribution < 1.29 is 9.84 Å². The summed E-state index contributed by atoms with van der Waals surface area (Å²) in [6.07, 6.45) is 1.22. The minimum absolute atomic E-state index is 0.425. The van der Waals surface area contributed by atoms with Crippen molar-refractivity contribution in [2.24, 2.45) is 0 Å². The van der Waals surface area contributed by atoms with Crippen LogP contribution in [0.1, 0.15) is 11.7 Å². The zero-order valence-corrected chi connectivity index (χ0v) is 12.4. The van der Waals surface area contributed by atoms with Gasteiger partial charge in [0, 0.05) is 18.1 Å². The zero-order valence-electron chi connectivity index (χ0n) is 11.6. The van der Waals surface area contributed by atoms with E-state index in [-0.39, 0.29) is 0 Å². The number of hydrogen-bond acceptors (Lipinski definition) is 5. The molecule has 0 aliphatic carbocycles.